The second-order valence-electron chi connectivity index (χ2n) is 1.09. The van der Waals surface area contributed by atoms with Crippen LogP contribution in [0.2, 0.25) is 0 Å². The van der Waals surface area contributed by atoms with Crippen molar-refractivity contribution in [2.24, 2.45) is 0 Å². The molecule has 0 saturated carbocycles. The van der Waals surface area contributed by atoms with Gasteiger partial charge in [-0.15, -0.1) is 4.67 Å². The number of rotatable bonds is 3. The van der Waals surface area contributed by atoms with Crippen LogP contribution in [-0.2, 0) is 18.5 Å². The zero-order valence-electron chi connectivity index (χ0n) is 4.95. The summed E-state index contributed by atoms with van der Waals surface area (Å²) in [5.74, 6) is 0. The van der Waals surface area contributed by atoms with Gasteiger partial charge in [0, 0.05) is 0 Å². The first-order chi connectivity index (χ1) is 4.21. The van der Waals surface area contributed by atoms with Crippen LogP contribution in [0.15, 0.2) is 0 Å². The molecule has 8 nitrogen and oxygen atoms in total. The summed E-state index contributed by atoms with van der Waals surface area (Å²) in [5.41, 5.74) is 0. The molecule has 0 aliphatic rings. The van der Waals surface area contributed by atoms with Crippen molar-refractivity contribution in [3.8, 4) is 0 Å². The van der Waals surface area contributed by atoms with Crippen molar-refractivity contribution in [3.63, 3.8) is 0 Å². The Morgan fingerprint density at radius 2 is 1.45 bits per heavy atom. The molecule has 0 spiro atoms. The van der Waals surface area contributed by atoms with Gasteiger partial charge in [0.2, 0.25) is 0 Å². The van der Waals surface area contributed by atoms with Crippen molar-refractivity contribution in [2.45, 2.75) is 0 Å². The van der Waals surface area contributed by atoms with Gasteiger partial charge in [-0.2, -0.15) is 4.67 Å². The molecule has 0 aliphatic carbocycles. The summed E-state index contributed by atoms with van der Waals surface area (Å²) in [5, 5.41) is 0. The number of phosphoric acid groups is 2. The molecule has 0 atom stereocenters. The van der Waals surface area contributed by atoms with Crippen LogP contribution < -0.4 is 9.79 Å². The van der Waals surface area contributed by atoms with E-state index in [9.17, 15) is 18.9 Å². The van der Waals surface area contributed by atoms with E-state index in [1.165, 1.54) is 0 Å². The minimum absolute atomic E-state index is 0. The van der Waals surface area contributed by atoms with Gasteiger partial charge in [-0.1, -0.05) is 0 Å². The third kappa shape index (κ3) is 14.6. The molecule has 0 aromatic heterocycles. The predicted molar refractivity (Wildman–Crippen MR) is 27.6 cm³/mol. The van der Waals surface area contributed by atoms with Crippen LogP contribution in [0.3, 0.4) is 0 Å². The average molecular weight is 329 g/mol. The molecular formula is H2BaO8P2. The van der Waals surface area contributed by atoms with Crippen LogP contribution in [-0.4, -0.2) is 58.7 Å². The summed E-state index contributed by atoms with van der Waals surface area (Å²) in [7, 11) is -10.5. The van der Waals surface area contributed by atoms with E-state index in [1.807, 2.05) is 0 Å². The van der Waals surface area contributed by atoms with Gasteiger partial charge in [-0.05, 0) is 0 Å². The van der Waals surface area contributed by atoms with E-state index in [1.54, 1.807) is 0 Å². The molecule has 0 radical (unpaired) electrons. The molecule has 0 aromatic rings. The van der Waals surface area contributed by atoms with Gasteiger partial charge >= 0.3 is 56.7 Å². The van der Waals surface area contributed by atoms with Gasteiger partial charge in [0.15, 0.2) is 0 Å². The first-order valence-electron chi connectivity index (χ1n) is 1.66. The summed E-state index contributed by atoms with van der Waals surface area (Å²) >= 11 is 0. The van der Waals surface area contributed by atoms with Crippen molar-refractivity contribution >= 4 is 64.5 Å². The van der Waals surface area contributed by atoms with Gasteiger partial charge in [0.25, 0.3) is 0 Å². The second kappa shape index (κ2) is 5.51. The summed E-state index contributed by atoms with van der Waals surface area (Å²) in [4.78, 5) is 34.4. The van der Waals surface area contributed by atoms with E-state index >= 15 is 0 Å². The summed E-state index contributed by atoms with van der Waals surface area (Å²) in [6.45, 7) is 0. The minimum atomic E-state index is -5.48. The molecule has 0 amide bonds. The van der Waals surface area contributed by atoms with Crippen molar-refractivity contribution in [3.05, 3.63) is 0 Å². The van der Waals surface area contributed by atoms with E-state index in [-0.39, 0.29) is 48.9 Å². The maximum Gasteiger partial charge on any atom is 2.00 e. The molecular weight excluding hydrogens is 327 g/mol. The maximum absolute atomic E-state index is 9.63. The zero-order chi connectivity index (χ0) is 8.41. The van der Waals surface area contributed by atoms with Crippen LogP contribution in [0, 0.1) is 0 Å². The summed E-state index contributed by atoms with van der Waals surface area (Å²) in [6, 6.07) is 0. The molecule has 2 N–H and O–H groups in total. The van der Waals surface area contributed by atoms with Crippen molar-refractivity contribution < 1.29 is 38.1 Å². The quantitative estimate of drug-likeness (QED) is 0.250. The first-order valence-corrected chi connectivity index (χ1v) is 4.65. The van der Waals surface area contributed by atoms with Gasteiger partial charge in [0.1, 0.15) is 7.82 Å². The third-order valence-corrected chi connectivity index (χ3v) is 0.865. The second-order valence-corrected chi connectivity index (χ2v) is 3.26. The fraction of sp³-hybridized carbons (Fsp3) is 0. The summed E-state index contributed by atoms with van der Waals surface area (Å²) < 4.78 is 24.7. The normalized spacial score (nSPS) is 12.4. The Morgan fingerprint density at radius 1 is 1.09 bits per heavy atom. The standard InChI is InChI=1S/Ba.H4O8P2/c;1-9(2,3)7-8-10(4,5)6/h;(H2,1,2,3)(H2,4,5,6)/q+2;/p-2. The average Bonchev–Trinajstić information content (AvgIpc) is 1.57. The Hall–Kier alpha value is 1.79. The smallest absolute Gasteiger partial charge is 0.788 e. The Bertz CT molecular complexity index is 162. The van der Waals surface area contributed by atoms with E-state index in [2.05, 4.69) is 9.35 Å². The first kappa shape index (κ1) is 15.3. The SMILES string of the molecule is O=P([O-])([O-])OOP(=O)(O)O.[Ba+2]. The van der Waals surface area contributed by atoms with E-state index in [0.717, 1.165) is 0 Å². The fourth-order valence-corrected chi connectivity index (χ4v) is 0.758. The monoisotopic (exact) mass is 330 g/mol. The maximum atomic E-state index is 9.63. The van der Waals surface area contributed by atoms with Gasteiger partial charge in [-0.25, -0.2) is 4.57 Å². The number of hydrogen-bond donors (Lipinski definition) is 2. The van der Waals surface area contributed by atoms with Crippen LogP contribution in [0.25, 0.3) is 0 Å². The molecule has 0 aliphatic heterocycles. The summed E-state index contributed by atoms with van der Waals surface area (Å²) in [6.07, 6.45) is 0. The molecule has 62 valence electrons. The van der Waals surface area contributed by atoms with E-state index in [0.29, 0.717) is 0 Å². The van der Waals surface area contributed by atoms with Crippen LogP contribution >= 0.6 is 15.6 Å². The van der Waals surface area contributed by atoms with Crippen molar-refractivity contribution in [1.29, 1.82) is 0 Å². The molecule has 0 rings (SSSR count). The zero-order valence-corrected chi connectivity index (χ0v) is 11.2. The molecule has 11 heteroatoms. The molecule has 0 heterocycles. The molecule has 0 unspecified atom stereocenters. The Morgan fingerprint density at radius 3 is 1.55 bits per heavy atom. The Balaban J connectivity index is 0. The molecule has 0 saturated heterocycles. The van der Waals surface area contributed by atoms with Crippen molar-refractivity contribution in [2.75, 3.05) is 0 Å². The van der Waals surface area contributed by atoms with E-state index < -0.39 is 15.6 Å². The van der Waals surface area contributed by atoms with Crippen LogP contribution in [0.4, 0.5) is 0 Å². The van der Waals surface area contributed by atoms with Gasteiger partial charge in [-0.3, -0.25) is 0 Å². The van der Waals surface area contributed by atoms with E-state index in [4.69, 9.17) is 9.79 Å². The number of hydrogen-bond acceptors (Lipinski definition) is 6. The Kier molecular flexibility index (Phi) is 7.65. The molecule has 0 fully saturated rings. The van der Waals surface area contributed by atoms with Crippen molar-refractivity contribution in [1.82, 2.24) is 0 Å². The Labute approximate surface area is 101 Å². The van der Waals surface area contributed by atoms with Crippen LogP contribution in [0.1, 0.15) is 0 Å². The van der Waals surface area contributed by atoms with Gasteiger partial charge < -0.3 is 24.1 Å². The molecule has 0 aromatic carbocycles. The predicted octanol–water partition coefficient (Wildman–Crippen LogP) is -2.52. The van der Waals surface area contributed by atoms with Gasteiger partial charge in [0.05, 0.1) is 0 Å². The topological polar surface area (TPSA) is 139 Å². The third-order valence-electron chi connectivity index (χ3n) is 0.222. The largest absolute Gasteiger partial charge is 2.00 e. The molecule has 0 bridgehead atoms. The fourth-order valence-electron chi connectivity index (χ4n) is 0.0842. The molecule has 11 heavy (non-hydrogen) atoms. The minimum Gasteiger partial charge on any atom is -0.788 e. The van der Waals surface area contributed by atoms with Crippen LogP contribution in [0.5, 0.6) is 0 Å².